The Kier molecular flexibility index (Phi) is 4.43. The van der Waals surface area contributed by atoms with Gasteiger partial charge < -0.3 is 9.80 Å². The van der Waals surface area contributed by atoms with Crippen molar-refractivity contribution >= 4 is 11.6 Å². The van der Waals surface area contributed by atoms with Gasteiger partial charge in [0.05, 0.1) is 0 Å². The summed E-state index contributed by atoms with van der Waals surface area (Å²) >= 11 is 0. The second kappa shape index (κ2) is 6.87. The molecule has 0 spiro atoms. The van der Waals surface area contributed by atoms with Crippen molar-refractivity contribution < 1.29 is 9.18 Å². The highest BCUT2D eigenvalue weighted by Crippen LogP contribution is 2.35. The van der Waals surface area contributed by atoms with Gasteiger partial charge in [-0.15, -0.1) is 0 Å². The van der Waals surface area contributed by atoms with Gasteiger partial charge in [0.25, 0.3) is 0 Å². The Morgan fingerprint density at radius 3 is 2.48 bits per heavy atom. The molecule has 1 aliphatic carbocycles. The molecule has 1 atom stereocenters. The van der Waals surface area contributed by atoms with Crippen LogP contribution in [0.5, 0.6) is 0 Å². The number of hydrogen-bond acceptors (Lipinski definition) is 2. The number of halogens is 1. The summed E-state index contributed by atoms with van der Waals surface area (Å²) in [5, 5.41) is 0. The molecule has 130 valence electrons. The number of anilines is 1. The van der Waals surface area contributed by atoms with Gasteiger partial charge in [0, 0.05) is 38.3 Å². The number of carbonyl (C=O) groups is 1. The summed E-state index contributed by atoms with van der Waals surface area (Å²) in [6.45, 7) is 3.09. The smallest absolute Gasteiger partial charge is 0.223 e. The highest BCUT2D eigenvalue weighted by Gasteiger charge is 2.28. The summed E-state index contributed by atoms with van der Waals surface area (Å²) in [5.41, 5.74) is 3.79. The summed E-state index contributed by atoms with van der Waals surface area (Å²) in [6, 6.07) is 15.1. The average Bonchev–Trinajstić information content (AvgIpc) is 3.06. The van der Waals surface area contributed by atoms with Gasteiger partial charge in [0.15, 0.2) is 0 Å². The van der Waals surface area contributed by atoms with E-state index < -0.39 is 0 Å². The molecule has 2 aliphatic rings. The minimum Gasteiger partial charge on any atom is -0.368 e. The van der Waals surface area contributed by atoms with E-state index in [1.807, 2.05) is 17.0 Å². The standard InChI is InChI=1S/C21H23FN2O/c22-18-7-9-19(10-8-18)23-11-13-24(14-12-23)21(25)15-17-6-5-16-3-1-2-4-20(16)17/h1-4,7-10,17H,5-6,11-15H2/t17-/m1/s1. The molecule has 0 saturated carbocycles. The lowest BCUT2D eigenvalue weighted by Crippen LogP contribution is -2.49. The minimum absolute atomic E-state index is 0.214. The van der Waals surface area contributed by atoms with E-state index in [2.05, 4.69) is 29.2 Å². The van der Waals surface area contributed by atoms with Crippen LogP contribution in [0.4, 0.5) is 10.1 Å². The number of nitrogens with zero attached hydrogens (tertiary/aromatic N) is 2. The van der Waals surface area contributed by atoms with Crippen molar-refractivity contribution in [1.82, 2.24) is 4.90 Å². The highest BCUT2D eigenvalue weighted by atomic mass is 19.1. The van der Waals surface area contributed by atoms with Crippen molar-refractivity contribution in [2.75, 3.05) is 31.1 Å². The normalized spacial score (nSPS) is 19.8. The van der Waals surface area contributed by atoms with Crippen LogP contribution in [0.1, 0.15) is 29.9 Å². The minimum atomic E-state index is -0.214. The van der Waals surface area contributed by atoms with Crippen LogP contribution in [0.3, 0.4) is 0 Å². The quantitative estimate of drug-likeness (QED) is 0.854. The van der Waals surface area contributed by atoms with Crippen LogP contribution >= 0.6 is 0 Å². The van der Waals surface area contributed by atoms with Crippen molar-refractivity contribution in [2.24, 2.45) is 0 Å². The molecule has 0 aromatic heterocycles. The Morgan fingerprint density at radius 1 is 1.00 bits per heavy atom. The van der Waals surface area contributed by atoms with Crippen molar-refractivity contribution in [3.05, 3.63) is 65.5 Å². The SMILES string of the molecule is O=C(C[C@H]1CCc2ccccc21)N1CCN(c2ccc(F)cc2)CC1. The van der Waals surface area contributed by atoms with Gasteiger partial charge in [-0.2, -0.15) is 0 Å². The van der Waals surface area contributed by atoms with Gasteiger partial charge in [-0.1, -0.05) is 24.3 Å². The third-order valence-electron chi connectivity index (χ3n) is 5.50. The molecule has 25 heavy (non-hydrogen) atoms. The number of carbonyl (C=O) groups excluding carboxylic acids is 1. The summed E-state index contributed by atoms with van der Waals surface area (Å²) in [6.07, 6.45) is 2.79. The number of aryl methyl sites for hydroxylation is 1. The Morgan fingerprint density at radius 2 is 1.72 bits per heavy atom. The van der Waals surface area contributed by atoms with Crippen LogP contribution < -0.4 is 4.90 Å². The first-order valence-corrected chi connectivity index (χ1v) is 9.07. The fourth-order valence-electron chi connectivity index (χ4n) is 4.06. The lowest BCUT2D eigenvalue weighted by atomic mass is 9.97. The van der Waals surface area contributed by atoms with Gasteiger partial charge in [-0.05, 0) is 54.2 Å². The zero-order chi connectivity index (χ0) is 17.2. The maximum atomic E-state index is 13.0. The molecular formula is C21H23FN2O. The van der Waals surface area contributed by atoms with E-state index in [-0.39, 0.29) is 11.7 Å². The molecule has 1 heterocycles. The molecule has 1 fully saturated rings. The van der Waals surface area contributed by atoms with Crippen LogP contribution in [0, 0.1) is 5.82 Å². The first kappa shape index (κ1) is 16.1. The second-order valence-corrected chi connectivity index (χ2v) is 6.98. The van der Waals surface area contributed by atoms with Gasteiger partial charge in [-0.25, -0.2) is 4.39 Å². The van der Waals surface area contributed by atoms with Crippen molar-refractivity contribution in [3.63, 3.8) is 0 Å². The predicted octanol–water partition coefficient (Wildman–Crippen LogP) is 3.59. The molecule has 4 rings (SSSR count). The van der Waals surface area contributed by atoms with Crippen LogP contribution in [-0.4, -0.2) is 37.0 Å². The monoisotopic (exact) mass is 338 g/mol. The van der Waals surface area contributed by atoms with Crippen LogP contribution in [-0.2, 0) is 11.2 Å². The maximum Gasteiger partial charge on any atom is 0.223 e. The molecule has 2 aromatic carbocycles. The average molecular weight is 338 g/mol. The summed E-state index contributed by atoms with van der Waals surface area (Å²) in [4.78, 5) is 16.9. The van der Waals surface area contributed by atoms with Gasteiger partial charge in [0.2, 0.25) is 5.91 Å². The number of amides is 1. The lowest BCUT2D eigenvalue weighted by molar-refractivity contribution is -0.131. The largest absolute Gasteiger partial charge is 0.368 e. The number of hydrogen-bond donors (Lipinski definition) is 0. The zero-order valence-corrected chi connectivity index (χ0v) is 14.3. The van der Waals surface area contributed by atoms with Crippen LogP contribution in [0.2, 0.25) is 0 Å². The molecule has 0 radical (unpaired) electrons. The molecular weight excluding hydrogens is 315 g/mol. The topological polar surface area (TPSA) is 23.6 Å². The zero-order valence-electron chi connectivity index (χ0n) is 14.3. The fourth-order valence-corrected chi connectivity index (χ4v) is 4.06. The van der Waals surface area contributed by atoms with Crippen LogP contribution in [0.25, 0.3) is 0 Å². The number of rotatable bonds is 3. The van der Waals surface area contributed by atoms with E-state index in [1.54, 1.807) is 0 Å². The van der Waals surface area contributed by atoms with E-state index in [9.17, 15) is 9.18 Å². The van der Waals surface area contributed by atoms with E-state index in [4.69, 9.17) is 0 Å². The Balaban J connectivity index is 1.33. The predicted molar refractivity (Wildman–Crippen MR) is 97.3 cm³/mol. The number of benzene rings is 2. The number of fused-ring (bicyclic) bond motifs is 1. The van der Waals surface area contributed by atoms with Crippen LogP contribution in [0.15, 0.2) is 48.5 Å². The molecule has 0 unspecified atom stereocenters. The van der Waals surface area contributed by atoms with Gasteiger partial charge >= 0.3 is 0 Å². The second-order valence-electron chi connectivity index (χ2n) is 6.98. The summed E-state index contributed by atoms with van der Waals surface area (Å²) in [7, 11) is 0. The van der Waals surface area contributed by atoms with Gasteiger partial charge in [0.1, 0.15) is 5.82 Å². The highest BCUT2D eigenvalue weighted by molar-refractivity contribution is 5.77. The van der Waals surface area contributed by atoms with Crippen molar-refractivity contribution in [3.8, 4) is 0 Å². The van der Waals surface area contributed by atoms with Crippen molar-refractivity contribution in [1.29, 1.82) is 0 Å². The summed E-state index contributed by atoms with van der Waals surface area (Å²) in [5.74, 6) is 0.425. The lowest BCUT2D eigenvalue weighted by Gasteiger charge is -2.36. The van der Waals surface area contributed by atoms with E-state index in [0.29, 0.717) is 12.3 Å². The Hall–Kier alpha value is -2.36. The third-order valence-corrected chi connectivity index (χ3v) is 5.50. The van der Waals surface area contributed by atoms with E-state index in [1.165, 1.54) is 23.3 Å². The molecule has 1 saturated heterocycles. The maximum absolute atomic E-state index is 13.0. The molecule has 0 N–H and O–H groups in total. The first-order valence-electron chi connectivity index (χ1n) is 9.07. The Labute approximate surface area is 148 Å². The third kappa shape index (κ3) is 3.39. The first-order chi connectivity index (χ1) is 12.2. The molecule has 0 bridgehead atoms. The summed E-state index contributed by atoms with van der Waals surface area (Å²) < 4.78 is 13.0. The van der Waals surface area contributed by atoms with Crippen molar-refractivity contribution in [2.45, 2.75) is 25.2 Å². The molecule has 2 aromatic rings. The van der Waals surface area contributed by atoms with E-state index in [0.717, 1.165) is 44.7 Å². The molecule has 1 amide bonds. The van der Waals surface area contributed by atoms with E-state index >= 15 is 0 Å². The fraction of sp³-hybridized carbons (Fsp3) is 0.381. The number of piperazine rings is 1. The molecule has 4 heteroatoms. The molecule has 3 nitrogen and oxygen atoms in total. The molecule has 1 aliphatic heterocycles. The van der Waals surface area contributed by atoms with Gasteiger partial charge in [-0.3, -0.25) is 4.79 Å². The Bertz CT molecular complexity index is 751.